The minimum Gasteiger partial charge on any atom is -0.497 e. The van der Waals surface area contributed by atoms with Crippen molar-refractivity contribution in [2.45, 2.75) is 50.6 Å². The Hall–Kier alpha value is -2.00. The quantitative estimate of drug-likeness (QED) is 0.845. The summed E-state index contributed by atoms with van der Waals surface area (Å²) in [5.74, 6) is 0.943. The number of hydrogen-bond donors (Lipinski definition) is 1. The van der Waals surface area contributed by atoms with E-state index in [1.807, 2.05) is 6.07 Å². The Labute approximate surface area is 157 Å². The Morgan fingerprint density at radius 1 is 1.04 bits per heavy atom. The molecule has 0 saturated carbocycles. The zero-order valence-corrected chi connectivity index (χ0v) is 15.8. The van der Waals surface area contributed by atoms with Gasteiger partial charge in [-0.1, -0.05) is 36.8 Å². The number of nitrogens with zero attached hydrogens (tertiary/aromatic N) is 1. The maximum Gasteiger partial charge on any atom is 0.120 e. The van der Waals surface area contributed by atoms with Crippen molar-refractivity contribution in [3.8, 4) is 5.75 Å². The lowest BCUT2D eigenvalue weighted by molar-refractivity contribution is 0.379. The number of methoxy groups -OCH3 is 1. The van der Waals surface area contributed by atoms with E-state index < -0.39 is 0 Å². The first-order chi connectivity index (χ1) is 12.8. The molecule has 1 fully saturated rings. The third-order valence-corrected chi connectivity index (χ3v) is 5.99. The Kier molecular flexibility index (Phi) is 5.45. The van der Waals surface area contributed by atoms with E-state index >= 15 is 0 Å². The van der Waals surface area contributed by atoms with Gasteiger partial charge >= 0.3 is 0 Å². The molecule has 4 rings (SSSR count). The van der Waals surface area contributed by atoms with E-state index in [0.717, 1.165) is 25.1 Å². The lowest BCUT2D eigenvalue weighted by Gasteiger charge is -2.34. The van der Waals surface area contributed by atoms with Gasteiger partial charge in [-0.25, -0.2) is 0 Å². The molecule has 1 aliphatic heterocycles. The van der Waals surface area contributed by atoms with E-state index in [-0.39, 0.29) is 0 Å². The molecular formula is C23H30N2O. The predicted octanol–water partition coefficient (Wildman–Crippen LogP) is 4.20. The van der Waals surface area contributed by atoms with Crippen molar-refractivity contribution in [1.29, 1.82) is 0 Å². The maximum absolute atomic E-state index is 5.48. The Bertz CT molecular complexity index is 699. The van der Waals surface area contributed by atoms with Crippen LogP contribution in [0.2, 0.25) is 0 Å². The van der Waals surface area contributed by atoms with Gasteiger partial charge in [0.25, 0.3) is 0 Å². The molecule has 2 aromatic rings. The standard InChI is InChI=1S/C23H30N2O/c1-26-23-11-6-10-21(17-23)25(14-12-20-9-4-5-13-24-20)22-15-18-7-2-3-8-19(18)16-22/h2-3,6-8,10-11,17,20,22,24H,4-5,9,12-16H2,1H3. The normalized spacial score (nSPS) is 20.0. The second-order valence-corrected chi connectivity index (χ2v) is 7.66. The van der Waals surface area contributed by atoms with Crippen LogP contribution in [0.3, 0.4) is 0 Å². The summed E-state index contributed by atoms with van der Waals surface area (Å²) in [6.07, 6.45) is 7.51. The van der Waals surface area contributed by atoms with E-state index in [1.165, 1.54) is 49.0 Å². The van der Waals surface area contributed by atoms with E-state index in [4.69, 9.17) is 4.74 Å². The SMILES string of the molecule is COc1cccc(N(CCC2CCCCN2)C2Cc3ccccc3C2)c1. The average molecular weight is 351 g/mol. The number of nitrogens with one attached hydrogen (secondary N) is 1. The van der Waals surface area contributed by atoms with Crippen molar-refractivity contribution in [2.24, 2.45) is 0 Å². The van der Waals surface area contributed by atoms with Crippen molar-refractivity contribution in [2.75, 3.05) is 25.1 Å². The second-order valence-electron chi connectivity index (χ2n) is 7.66. The van der Waals surface area contributed by atoms with E-state index in [9.17, 15) is 0 Å². The molecule has 1 aliphatic carbocycles. The summed E-state index contributed by atoms with van der Waals surface area (Å²) < 4.78 is 5.48. The fraction of sp³-hybridized carbons (Fsp3) is 0.478. The van der Waals surface area contributed by atoms with Gasteiger partial charge in [0.05, 0.1) is 7.11 Å². The van der Waals surface area contributed by atoms with Crippen LogP contribution < -0.4 is 15.0 Å². The third-order valence-electron chi connectivity index (χ3n) is 5.99. The zero-order chi connectivity index (χ0) is 17.8. The van der Waals surface area contributed by atoms with Gasteiger partial charge < -0.3 is 15.0 Å². The number of benzene rings is 2. The topological polar surface area (TPSA) is 24.5 Å². The van der Waals surface area contributed by atoms with E-state index in [0.29, 0.717) is 12.1 Å². The largest absolute Gasteiger partial charge is 0.497 e. The van der Waals surface area contributed by atoms with Gasteiger partial charge in [0, 0.05) is 30.4 Å². The Morgan fingerprint density at radius 2 is 1.85 bits per heavy atom. The first-order valence-corrected chi connectivity index (χ1v) is 10.0. The number of ether oxygens (including phenoxy) is 1. The van der Waals surface area contributed by atoms with Crippen molar-refractivity contribution >= 4 is 5.69 Å². The molecule has 0 aromatic heterocycles. The predicted molar refractivity (Wildman–Crippen MR) is 108 cm³/mol. The molecule has 3 heteroatoms. The van der Waals surface area contributed by atoms with Crippen LogP contribution in [0.1, 0.15) is 36.8 Å². The Balaban J connectivity index is 1.53. The van der Waals surface area contributed by atoms with Gasteiger partial charge in [-0.3, -0.25) is 0 Å². The molecular weight excluding hydrogens is 320 g/mol. The molecule has 0 radical (unpaired) electrons. The molecule has 138 valence electrons. The fourth-order valence-electron chi connectivity index (χ4n) is 4.53. The van der Waals surface area contributed by atoms with Crippen LogP contribution in [0.25, 0.3) is 0 Å². The van der Waals surface area contributed by atoms with Crippen LogP contribution in [-0.2, 0) is 12.8 Å². The molecule has 1 N–H and O–H groups in total. The molecule has 1 saturated heterocycles. The Morgan fingerprint density at radius 3 is 2.54 bits per heavy atom. The minimum atomic E-state index is 0.545. The van der Waals surface area contributed by atoms with Crippen LogP contribution in [0, 0.1) is 0 Å². The number of hydrogen-bond acceptors (Lipinski definition) is 3. The molecule has 2 aliphatic rings. The van der Waals surface area contributed by atoms with Gasteiger partial charge in [-0.2, -0.15) is 0 Å². The van der Waals surface area contributed by atoms with Crippen molar-refractivity contribution in [3.63, 3.8) is 0 Å². The van der Waals surface area contributed by atoms with E-state index in [1.54, 1.807) is 7.11 Å². The van der Waals surface area contributed by atoms with Crippen molar-refractivity contribution in [1.82, 2.24) is 5.32 Å². The van der Waals surface area contributed by atoms with Crippen molar-refractivity contribution in [3.05, 3.63) is 59.7 Å². The number of rotatable bonds is 6. The summed E-state index contributed by atoms with van der Waals surface area (Å²) in [7, 11) is 1.75. The molecule has 0 spiro atoms. The van der Waals surface area contributed by atoms with Crippen LogP contribution >= 0.6 is 0 Å². The lowest BCUT2D eigenvalue weighted by Crippen LogP contribution is -2.41. The average Bonchev–Trinajstić information content (AvgIpc) is 3.13. The highest BCUT2D eigenvalue weighted by Gasteiger charge is 2.27. The molecule has 0 amide bonds. The zero-order valence-electron chi connectivity index (χ0n) is 15.8. The van der Waals surface area contributed by atoms with Crippen LogP contribution in [0.5, 0.6) is 5.75 Å². The van der Waals surface area contributed by atoms with Gasteiger partial charge in [0.2, 0.25) is 0 Å². The van der Waals surface area contributed by atoms with Gasteiger partial charge in [0.1, 0.15) is 5.75 Å². The lowest BCUT2D eigenvalue weighted by atomic mass is 10.0. The summed E-state index contributed by atoms with van der Waals surface area (Å²) in [5.41, 5.74) is 4.32. The summed E-state index contributed by atoms with van der Waals surface area (Å²) in [5, 5.41) is 3.70. The molecule has 1 unspecified atom stereocenters. The summed E-state index contributed by atoms with van der Waals surface area (Å²) in [6.45, 7) is 2.28. The highest BCUT2D eigenvalue weighted by molar-refractivity contribution is 5.53. The highest BCUT2D eigenvalue weighted by Crippen LogP contribution is 2.31. The van der Waals surface area contributed by atoms with Gasteiger partial charge in [0.15, 0.2) is 0 Å². The van der Waals surface area contributed by atoms with E-state index in [2.05, 4.69) is 52.7 Å². The van der Waals surface area contributed by atoms with Gasteiger partial charge in [-0.05, 0) is 61.9 Å². The fourth-order valence-corrected chi connectivity index (χ4v) is 4.53. The smallest absolute Gasteiger partial charge is 0.120 e. The van der Waals surface area contributed by atoms with Gasteiger partial charge in [-0.15, -0.1) is 0 Å². The third kappa shape index (κ3) is 3.88. The maximum atomic E-state index is 5.48. The minimum absolute atomic E-state index is 0.545. The summed E-state index contributed by atoms with van der Waals surface area (Å²) in [4.78, 5) is 2.62. The first-order valence-electron chi connectivity index (χ1n) is 10.0. The van der Waals surface area contributed by atoms with Crippen molar-refractivity contribution < 1.29 is 4.74 Å². The molecule has 3 nitrogen and oxygen atoms in total. The first kappa shape index (κ1) is 17.4. The molecule has 0 bridgehead atoms. The molecule has 1 heterocycles. The molecule has 1 atom stereocenters. The summed E-state index contributed by atoms with van der Waals surface area (Å²) >= 11 is 0. The summed E-state index contributed by atoms with van der Waals surface area (Å²) in [6, 6.07) is 18.7. The highest BCUT2D eigenvalue weighted by atomic mass is 16.5. The van der Waals surface area contributed by atoms with Crippen LogP contribution in [-0.4, -0.2) is 32.3 Å². The van der Waals surface area contributed by atoms with Crippen LogP contribution in [0.15, 0.2) is 48.5 Å². The number of fused-ring (bicyclic) bond motifs is 1. The second kappa shape index (κ2) is 8.13. The number of anilines is 1. The molecule has 26 heavy (non-hydrogen) atoms. The number of piperidine rings is 1. The monoisotopic (exact) mass is 350 g/mol. The molecule has 2 aromatic carbocycles. The van der Waals surface area contributed by atoms with Crippen LogP contribution in [0.4, 0.5) is 5.69 Å².